The standard InChI is InChI=1S/C10H11BrFNO/c1-13(2)10(14)6-7-5-8(12)3-4-9(7)11/h3-5H,6H2,1-2H3. The van der Waals surface area contributed by atoms with Gasteiger partial charge in [0.1, 0.15) is 5.82 Å². The van der Waals surface area contributed by atoms with Gasteiger partial charge in [0.25, 0.3) is 0 Å². The van der Waals surface area contributed by atoms with Crippen molar-refractivity contribution in [3.63, 3.8) is 0 Å². The first-order chi connectivity index (χ1) is 6.50. The highest BCUT2D eigenvalue weighted by atomic mass is 79.9. The molecule has 2 nitrogen and oxygen atoms in total. The zero-order valence-corrected chi connectivity index (χ0v) is 9.64. The van der Waals surface area contributed by atoms with E-state index < -0.39 is 0 Å². The van der Waals surface area contributed by atoms with Crippen molar-refractivity contribution >= 4 is 21.8 Å². The highest BCUT2D eigenvalue weighted by molar-refractivity contribution is 9.10. The smallest absolute Gasteiger partial charge is 0.226 e. The highest BCUT2D eigenvalue weighted by Crippen LogP contribution is 2.18. The van der Waals surface area contributed by atoms with Crippen molar-refractivity contribution in [1.29, 1.82) is 0 Å². The fourth-order valence-electron chi connectivity index (χ4n) is 1.000. The third kappa shape index (κ3) is 2.80. The summed E-state index contributed by atoms with van der Waals surface area (Å²) < 4.78 is 13.6. The molecule has 1 rings (SSSR count). The summed E-state index contributed by atoms with van der Waals surface area (Å²) in [6.07, 6.45) is 0.214. The molecule has 0 saturated heterocycles. The van der Waals surface area contributed by atoms with Crippen molar-refractivity contribution in [3.05, 3.63) is 34.1 Å². The molecule has 0 heterocycles. The number of hydrogen-bond donors (Lipinski definition) is 0. The molecule has 0 fully saturated rings. The van der Waals surface area contributed by atoms with E-state index in [4.69, 9.17) is 0 Å². The summed E-state index contributed by atoms with van der Waals surface area (Å²) in [5.74, 6) is -0.369. The van der Waals surface area contributed by atoms with Crippen molar-refractivity contribution in [1.82, 2.24) is 4.90 Å². The molecule has 0 unspecified atom stereocenters. The lowest BCUT2D eigenvalue weighted by Crippen LogP contribution is -2.23. The molecule has 0 bridgehead atoms. The zero-order valence-electron chi connectivity index (χ0n) is 8.05. The lowest BCUT2D eigenvalue weighted by molar-refractivity contribution is -0.127. The maximum absolute atomic E-state index is 12.9. The average molecular weight is 260 g/mol. The van der Waals surface area contributed by atoms with Crippen molar-refractivity contribution < 1.29 is 9.18 Å². The topological polar surface area (TPSA) is 20.3 Å². The molecule has 0 atom stereocenters. The van der Waals surface area contributed by atoms with Gasteiger partial charge in [0.15, 0.2) is 0 Å². The number of carbonyl (C=O) groups is 1. The Morgan fingerprint density at radius 3 is 2.71 bits per heavy atom. The largest absolute Gasteiger partial charge is 0.349 e. The van der Waals surface area contributed by atoms with E-state index in [1.807, 2.05) is 0 Å². The van der Waals surface area contributed by atoms with Crippen molar-refractivity contribution in [3.8, 4) is 0 Å². The number of nitrogens with zero attached hydrogens (tertiary/aromatic N) is 1. The quantitative estimate of drug-likeness (QED) is 0.798. The van der Waals surface area contributed by atoms with Crippen molar-refractivity contribution in [2.45, 2.75) is 6.42 Å². The molecule has 76 valence electrons. The van der Waals surface area contributed by atoms with Gasteiger partial charge in [-0.3, -0.25) is 4.79 Å². The Labute approximate surface area is 90.8 Å². The number of benzene rings is 1. The molecular weight excluding hydrogens is 249 g/mol. The van der Waals surface area contributed by atoms with Gasteiger partial charge < -0.3 is 4.90 Å². The van der Waals surface area contributed by atoms with Gasteiger partial charge in [0.2, 0.25) is 5.91 Å². The molecule has 0 radical (unpaired) electrons. The SMILES string of the molecule is CN(C)C(=O)Cc1cc(F)ccc1Br. The molecule has 0 saturated carbocycles. The minimum Gasteiger partial charge on any atom is -0.349 e. The Balaban J connectivity index is 2.86. The van der Waals surface area contributed by atoms with Gasteiger partial charge in [-0.15, -0.1) is 0 Å². The van der Waals surface area contributed by atoms with Crippen LogP contribution in [0.3, 0.4) is 0 Å². The Kier molecular flexibility index (Phi) is 3.63. The van der Waals surface area contributed by atoms with Crippen LogP contribution >= 0.6 is 15.9 Å². The van der Waals surface area contributed by atoms with Crippen LogP contribution in [0.2, 0.25) is 0 Å². The van der Waals surface area contributed by atoms with Crippen LogP contribution in [0.4, 0.5) is 4.39 Å². The number of likely N-dealkylation sites (N-methyl/N-ethyl adjacent to an activating group) is 1. The summed E-state index contributed by atoms with van der Waals surface area (Å²) in [4.78, 5) is 12.8. The van der Waals surface area contributed by atoms with E-state index in [9.17, 15) is 9.18 Å². The summed E-state index contributed by atoms with van der Waals surface area (Å²) in [6.45, 7) is 0. The lowest BCUT2D eigenvalue weighted by Gasteiger charge is -2.10. The Hall–Kier alpha value is -0.900. The van der Waals surface area contributed by atoms with Gasteiger partial charge in [0.05, 0.1) is 6.42 Å². The lowest BCUT2D eigenvalue weighted by atomic mass is 10.1. The fourth-order valence-corrected chi connectivity index (χ4v) is 1.39. The van der Waals surface area contributed by atoms with Gasteiger partial charge in [-0.25, -0.2) is 4.39 Å². The summed E-state index contributed by atoms with van der Waals surface area (Å²) in [5.41, 5.74) is 0.670. The predicted molar refractivity (Wildman–Crippen MR) is 56.5 cm³/mol. The predicted octanol–water partition coefficient (Wildman–Crippen LogP) is 2.22. The molecule has 0 spiro atoms. The van der Waals surface area contributed by atoms with Crippen molar-refractivity contribution in [2.75, 3.05) is 14.1 Å². The third-order valence-electron chi connectivity index (χ3n) is 1.85. The van der Waals surface area contributed by atoms with Gasteiger partial charge in [-0.2, -0.15) is 0 Å². The van der Waals surface area contributed by atoms with Crippen LogP contribution in [-0.2, 0) is 11.2 Å². The molecule has 0 aromatic heterocycles. The number of halogens is 2. The highest BCUT2D eigenvalue weighted by Gasteiger charge is 2.09. The number of amides is 1. The van der Waals surface area contributed by atoms with E-state index in [1.165, 1.54) is 17.0 Å². The summed E-state index contributed by atoms with van der Waals surface area (Å²) in [7, 11) is 3.35. The van der Waals surface area contributed by atoms with E-state index >= 15 is 0 Å². The van der Waals surface area contributed by atoms with Crippen LogP contribution in [0.1, 0.15) is 5.56 Å². The van der Waals surface area contributed by atoms with Crippen molar-refractivity contribution in [2.24, 2.45) is 0 Å². The Bertz CT molecular complexity index is 352. The van der Waals surface area contributed by atoms with Crippen LogP contribution in [0.25, 0.3) is 0 Å². The maximum atomic E-state index is 12.9. The van der Waals surface area contributed by atoms with Crippen LogP contribution in [-0.4, -0.2) is 24.9 Å². The minimum absolute atomic E-state index is 0.0451. The zero-order chi connectivity index (χ0) is 10.7. The first-order valence-electron chi connectivity index (χ1n) is 4.15. The second kappa shape index (κ2) is 4.55. The molecule has 4 heteroatoms. The normalized spacial score (nSPS) is 10.0. The second-order valence-corrected chi connectivity index (χ2v) is 4.06. The summed E-state index contributed by atoms with van der Waals surface area (Å²) >= 11 is 3.27. The van der Waals surface area contributed by atoms with Crippen LogP contribution in [0.15, 0.2) is 22.7 Å². The van der Waals surface area contributed by atoms with Gasteiger partial charge in [-0.05, 0) is 23.8 Å². The molecule has 1 aromatic carbocycles. The minimum atomic E-state index is -0.324. The van der Waals surface area contributed by atoms with E-state index in [1.54, 1.807) is 20.2 Å². The molecule has 0 aliphatic heterocycles. The average Bonchev–Trinajstić information content (AvgIpc) is 2.11. The molecular formula is C10H11BrFNO. The van der Waals surface area contributed by atoms with Gasteiger partial charge in [0, 0.05) is 18.6 Å². The second-order valence-electron chi connectivity index (χ2n) is 3.20. The maximum Gasteiger partial charge on any atom is 0.226 e. The first-order valence-corrected chi connectivity index (χ1v) is 4.94. The summed E-state index contributed by atoms with van der Waals surface area (Å²) in [5, 5.41) is 0. The van der Waals surface area contributed by atoms with E-state index in [0.717, 1.165) is 4.47 Å². The molecule has 1 aromatic rings. The molecule has 0 N–H and O–H groups in total. The van der Waals surface area contributed by atoms with Gasteiger partial charge in [-0.1, -0.05) is 15.9 Å². The van der Waals surface area contributed by atoms with E-state index in [0.29, 0.717) is 5.56 Å². The Morgan fingerprint density at radius 2 is 2.14 bits per heavy atom. The molecule has 0 aliphatic rings. The fraction of sp³-hybridized carbons (Fsp3) is 0.300. The van der Waals surface area contributed by atoms with Crippen LogP contribution in [0.5, 0.6) is 0 Å². The first kappa shape index (κ1) is 11.2. The number of hydrogen-bond acceptors (Lipinski definition) is 1. The monoisotopic (exact) mass is 259 g/mol. The third-order valence-corrected chi connectivity index (χ3v) is 2.62. The molecule has 0 aliphatic carbocycles. The van der Waals surface area contributed by atoms with Gasteiger partial charge >= 0.3 is 0 Å². The number of carbonyl (C=O) groups excluding carboxylic acids is 1. The van der Waals surface area contributed by atoms with Crippen LogP contribution in [0, 0.1) is 5.82 Å². The Morgan fingerprint density at radius 1 is 1.50 bits per heavy atom. The van der Waals surface area contributed by atoms with E-state index in [2.05, 4.69) is 15.9 Å². The molecule has 1 amide bonds. The number of rotatable bonds is 2. The summed E-state index contributed by atoms with van der Waals surface area (Å²) in [6, 6.07) is 4.33. The van der Waals surface area contributed by atoms with Crippen LogP contribution < -0.4 is 0 Å². The van der Waals surface area contributed by atoms with E-state index in [-0.39, 0.29) is 18.1 Å². The molecule has 14 heavy (non-hydrogen) atoms.